The number of fused-ring (bicyclic) bond motifs is 2. The molecular formula is C30H35F3N2O6S. The number of hydrogen-bond donors (Lipinski definition) is 2. The maximum absolute atomic E-state index is 13.6. The van der Waals surface area contributed by atoms with Crippen molar-refractivity contribution < 1.29 is 40.7 Å². The highest BCUT2D eigenvalue weighted by atomic mass is 32.2. The van der Waals surface area contributed by atoms with Crippen LogP contribution in [-0.4, -0.2) is 45.0 Å². The van der Waals surface area contributed by atoms with Crippen LogP contribution in [0.1, 0.15) is 62.2 Å². The van der Waals surface area contributed by atoms with Crippen molar-refractivity contribution in [2.24, 2.45) is 23.7 Å². The van der Waals surface area contributed by atoms with Crippen LogP contribution >= 0.6 is 0 Å². The van der Waals surface area contributed by atoms with Crippen molar-refractivity contribution in [2.45, 2.75) is 74.4 Å². The normalized spacial score (nSPS) is 27.4. The van der Waals surface area contributed by atoms with Gasteiger partial charge in [-0.1, -0.05) is 13.0 Å². The summed E-state index contributed by atoms with van der Waals surface area (Å²) in [5, 5.41) is 5.62. The number of carbonyl (C=O) groups excluding carboxylic acids is 2. The fourth-order valence-corrected chi connectivity index (χ4v) is 7.49. The Morgan fingerprint density at radius 3 is 2.36 bits per heavy atom. The third kappa shape index (κ3) is 6.09. The fraction of sp³-hybridized carbons (Fsp3) is 0.533. The molecule has 3 fully saturated rings. The second-order valence-corrected chi connectivity index (χ2v) is 13.6. The van der Waals surface area contributed by atoms with Crippen LogP contribution in [0.5, 0.6) is 11.5 Å². The Bertz CT molecular complexity index is 1440. The molecule has 0 aliphatic heterocycles. The summed E-state index contributed by atoms with van der Waals surface area (Å²) in [5.41, 5.74) is -5.25. The predicted octanol–water partition coefficient (Wildman–Crippen LogP) is 5.73. The average Bonchev–Trinajstić information content (AvgIpc) is 3.56. The number of amides is 2. The monoisotopic (exact) mass is 608 g/mol. The van der Waals surface area contributed by atoms with Gasteiger partial charge in [-0.2, -0.15) is 13.2 Å². The number of rotatable bonds is 8. The van der Waals surface area contributed by atoms with E-state index in [2.05, 4.69) is 17.6 Å². The van der Waals surface area contributed by atoms with E-state index >= 15 is 0 Å². The molecule has 4 atom stereocenters. The number of methoxy groups -OCH3 is 1. The summed E-state index contributed by atoms with van der Waals surface area (Å²) >= 11 is 0. The second kappa shape index (κ2) is 11.8. The lowest BCUT2D eigenvalue weighted by atomic mass is 9.83. The van der Waals surface area contributed by atoms with Crippen LogP contribution in [0.3, 0.4) is 0 Å². The summed E-state index contributed by atoms with van der Waals surface area (Å²) in [7, 11) is -4.10. The number of nitrogens with one attached hydrogen (secondary N) is 2. The van der Waals surface area contributed by atoms with Crippen LogP contribution in [0.15, 0.2) is 47.4 Å². The standard InChI is InChI=1S/C30H35F3N2O6S/c1-17-6-10-21(11-7-17)41-22-12-13-25(40-2)24(16-22)28(36)35-27-19-9-8-18(14-19)26(27)29(37)34-20-4-3-5-23(15-20)42(38,39)30(31,32)33/h3-5,12-13,15-19,21,26-27H,6-11,14H2,1-2H3,(H,34,37)(H,35,36)/t17?,18-,19+,21?,26+,27-/m1/s1. The van der Waals surface area contributed by atoms with Crippen molar-refractivity contribution in [1.82, 2.24) is 5.32 Å². The van der Waals surface area contributed by atoms with E-state index in [4.69, 9.17) is 9.47 Å². The third-order valence-electron chi connectivity index (χ3n) is 8.91. The van der Waals surface area contributed by atoms with Crippen LogP contribution in [0.4, 0.5) is 18.9 Å². The highest BCUT2D eigenvalue weighted by Crippen LogP contribution is 2.49. The highest BCUT2D eigenvalue weighted by Gasteiger charge is 2.52. The minimum Gasteiger partial charge on any atom is -0.496 e. The van der Waals surface area contributed by atoms with Crippen LogP contribution < -0.4 is 20.1 Å². The van der Waals surface area contributed by atoms with E-state index < -0.39 is 44.0 Å². The quantitative estimate of drug-likeness (QED) is 0.396. The lowest BCUT2D eigenvalue weighted by Crippen LogP contribution is -2.48. The third-order valence-corrected chi connectivity index (χ3v) is 10.4. The van der Waals surface area contributed by atoms with E-state index in [1.54, 1.807) is 18.2 Å². The Kier molecular flexibility index (Phi) is 8.46. The van der Waals surface area contributed by atoms with E-state index in [1.165, 1.54) is 13.2 Å². The van der Waals surface area contributed by atoms with Gasteiger partial charge < -0.3 is 20.1 Å². The zero-order chi connectivity index (χ0) is 30.2. The van der Waals surface area contributed by atoms with E-state index in [-0.39, 0.29) is 29.2 Å². The first kappa shape index (κ1) is 30.2. The number of carbonyl (C=O) groups is 2. The largest absolute Gasteiger partial charge is 0.501 e. The van der Waals surface area contributed by atoms with Crippen molar-refractivity contribution in [3.05, 3.63) is 48.0 Å². The van der Waals surface area contributed by atoms with Gasteiger partial charge in [0.15, 0.2) is 0 Å². The Balaban J connectivity index is 1.32. The van der Waals surface area contributed by atoms with Crippen molar-refractivity contribution in [1.29, 1.82) is 0 Å². The summed E-state index contributed by atoms with van der Waals surface area (Å²) in [5.74, 6) is 0.109. The SMILES string of the molecule is COc1ccc(OC2CCC(C)CC2)cc1C(=O)N[C@@H]1[C@H]2CC[C@H](C2)[C@@H]1C(=O)Nc1cccc(S(=O)(=O)C(F)(F)F)c1. The number of sulfone groups is 1. The molecule has 2 N–H and O–H groups in total. The number of anilines is 1. The number of hydrogen-bond acceptors (Lipinski definition) is 6. The lowest BCUT2D eigenvalue weighted by molar-refractivity contribution is -0.122. The predicted molar refractivity (Wildman–Crippen MR) is 149 cm³/mol. The van der Waals surface area contributed by atoms with E-state index in [1.807, 2.05) is 0 Å². The topological polar surface area (TPSA) is 111 Å². The molecule has 2 bridgehead atoms. The van der Waals surface area contributed by atoms with Crippen molar-refractivity contribution >= 4 is 27.3 Å². The summed E-state index contributed by atoms with van der Waals surface area (Å²) in [6.07, 6.45) is 6.49. The zero-order valence-corrected chi connectivity index (χ0v) is 24.3. The average molecular weight is 609 g/mol. The molecule has 2 amide bonds. The molecular weight excluding hydrogens is 573 g/mol. The van der Waals surface area contributed by atoms with Crippen LogP contribution in [0, 0.1) is 23.7 Å². The molecule has 0 radical (unpaired) electrons. The smallest absolute Gasteiger partial charge is 0.496 e. The summed E-state index contributed by atoms with van der Waals surface area (Å²) < 4.78 is 74.5. The van der Waals surface area contributed by atoms with Crippen molar-refractivity contribution in [3.8, 4) is 11.5 Å². The molecule has 0 saturated heterocycles. The van der Waals surface area contributed by atoms with Gasteiger partial charge in [0.25, 0.3) is 15.7 Å². The van der Waals surface area contributed by atoms with E-state index in [0.29, 0.717) is 17.4 Å². The van der Waals surface area contributed by atoms with Gasteiger partial charge in [-0.15, -0.1) is 0 Å². The summed E-state index contributed by atoms with van der Waals surface area (Å²) in [6.45, 7) is 2.23. The second-order valence-electron chi connectivity index (χ2n) is 11.7. The van der Waals surface area contributed by atoms with Gasteiger partial charge in [0, 0.05) is 11.7 Å². The highest BCUT2D eigenvalue weighted by molar-refractivity contribution is 7.92. The number of alkyl halides is 3. The Morgan fingerprint density at radius 2 is 1.67 bits per heavy atom. The molecule has 0 unspecified atom stereocenters. The fourth-order valence-electron chi connectivity index (χ4n) is 6.68. The first-order valence-corrected chi connectivity index (χ1v) is 15.7. The van der Waals surface area contributed by atoms with Gasteiger partial charge in [0.05, 0.1) is 29.6 Å². The molecule has 42 heavy (non-hydrogen) atoms. The molecule has 3 saturated carbocycles. The minimum atomic E-state index is -5.57. The van der Waals surface area contributed by atoms with E-state index in [0.717, 1.165) is 63.1 Å². The van der Waals surface area contributed by atoms with Gasteiger partial charge in [-0.3, -0.25) is 9.59 Å². The van der Waals surface area contributed by atoms with Gasteiger partial charge >= 0.3 is 5.51 Å². The molecule has 228 valence electrons. The lowest BCUT2D eigenvalue weighted by Gasteiger charge is -2.31. The van der Waals surface area contributed by atoms with Gasteiger partial charge in [0.2, 0.25) is 5.91 Å². The van der Waals surface area contributed by atoms with Crippen LogP contribution in [0.25, 0.3) is 0 Å². The van der Waals surface area contributed by atoms with Crippen molar-refractivity contribution in [2.75, 3.05) is 12.4 Å². The zero-order valence-electron chi connectivity index (χ0n) is 23.4. The maximum atomic E-state index is 13.6. The minimum absolute atomic E-state index is 0.0207. The van der Waals surface area contributed by atoms with Gasteiger partial charge in [0.1, 0.15) is 11.5 Å². The Hall–Kier alpha value is -3.28. The molecule has 5 rings (SSSR count). The Labute approximate surface area is 243 Å². The maximum Gasteiger partial charge on any atom is 0.501 e. The molecule has 3 aliphatic rings. The van der Waals surface area contributed by atoms with Crippen LogP contribution in [-0.2, 0) is 14.6 Å². The molecule has 12 heteroatoms. The molecule has 2 aromatic rings. The summed E-state index contributed by atoms with van der Waals surface area (Å²) in [4.78, 5) is 26.0. The first-order valence-electron chi connectivity index (χ1n) is 14.2. The Morgan fingerprint density at radius 1 is 0.952 bits per heavy atom. The molecule has 0 spiro atoms. The molecule has 3 aliphatic carbocycles. The van der Waals surface area contributed by atoms with Crippen molar-refractivity contribution in [3.63, 3.8) is 0 Å². The van der Waals surface area contributed by atoms with Gasteiger partial charge in [-0.05, 0) is 99.1 Å². The van der Waals surface area contributed by atoms with E-state index in [9.17, 15) is 31.2 Å². The number of benzene rings is 2. The number of halogens is 3. The first-order chi connectivity index (χ1) is 19.9. The van der Waals surface area contributed by atoms with Gasteiger partial charge in [-0.25, -0.2) is 8.42 Å². The molecule has 0 heterocycles. The molecule has 0 aromatic heterocycles. The summed E-state index contributed by atoms with van der Waals surface area (Å²) in [6, 6.07) is 8.70. The van der Waals surface area contributed by atoms with Crippen LogP contribution in [0.2, 0.25) is 0 Å². The number of ether oxygens (including phenoxy) is 2. The molecule has 2 aromatic carbocycles. The molecule has 8 nitrogen and oxygen atoms in total.